The van der Waals surface area contributed by atoms with Crippen molar-refractivity contribution in [2.75, 3.05) is 6.54 Å². The summed E-state index contributed by atoms with van der Waals surface area (Å²) in [5.74, 6) is -0.588. The molecule has 1 aromatic carbocycles. The van der Waals surface area contributed by atoms with E-state index in [-0.39, 0.29) is 17.0 Å². The molecule has 1 aromatic rings. The maximum absolute atomic E-state index is 14.0. The van der Waals surface area contributed by atoms with Gasteiger partial charge in [-0.1, -0.05) is 6.07 Å². The largest absolute Gasteiger partial charge is 0.333 e. The zero-order valence-electron chi connectivity index (χ0n) is 10.1. The fraction of sp³-hybridized carbons (Fsp3) is 0.500. The van der Waals surface area contributed by atoms with Crippen LogP contribution in [0.5, 0.6) is 0 Å². The molecule has 0 aromatic heterocycles. The predicted molar refractivity (Wildman–Crippen MR) is 71.0 cm³/mol. The number of hydrogen-bond acceptors (Lipinski definition) is 1. The minimum absolute atomic E-state index is 0.0596. The normalized spacial score (nSPS) is 21.1. The molecule has 4 heteroatoms. The monoisotopic (exact) mass is 311 g/mol. The Morgan fingerprint density at radius 1 is 1.28 bits per heavy atom. The van der Waals surface area contributed by atoms with Crippen LogP contribution in [-0.4, -0.2) is 22.9 Å². The number of piperidine rings is 1. The highest BCUT2D eigenvalue weighted by Crippen LogP contribution is 2.48. The lowest BCUT2D eigenvalue weighted by Gasteiger charge is -2.36. The van der Waals surface area contributed by atoms with E-state index in [1.54, 1.807) is 18.2 Å². The van der Waals surface area contributed by atoms with E-state index in [2.05, 4.69) is 15.9 Å². The Labute approximate surface area is 114 Å². The van der Waals surface area contributed by atoms with Gasteiger partial charge in [-0.05, 0) is 60.2 Å². The molecule has 96 valence electrons. The SMILES string of the molecule is O=C(c1cccc(Br)c1F)N1CCCCC12CC2. The molecule has 0 radical (unpaired) electrons. The van der Waals surface area contributed by atoms with Gasteiger partial charge in [-0.15, -0.1) is 0 Å². The van der Waals surface area contributed by atoms with Gasteiger partial charge in [0.25, 0.3) is 5.91 Å². The Kier molecular flexibility index (Phi) is 2.93. The van der Waals surface area contributed by atoms with E-state index in [9.17, 15) is 9.18 Å². The summed E-state index contributed by atoms with van der Waals surface area (Å²) >= 11 is 3.14. The van der Waals surface area contributed by atoms with Crippen molar-refractivity contribution in [3.8, 4) is 0 Å². The first-order valence-electron chi connectivity index (χ1n) is 6.40. The molecule has 2 fully saturated rings. The van der Waals surface area contributed by atoms with Crippen LogP contribution in [0.25, 0.3) is 0 Å². The minimum Gasteiger partial charge on any atom is -0.333 e. The lowest BCUT2D eigenvalue weighted by Crippen LogP contribution is -2.45. The van der Waals surface area contributed by atoms with Crippen LogP contribution in [0.15, 0.2) is 22.7 Å². The molecular weight excluding hydrogens is 297 g/mol. The fourth-order valence-corrected chi connectivity index (χ4v) is 3.26. The fourth-order valence-electron chi connectivity index (χ4n) is 2.89. The number of carbonyl (C=O) groups excluding carboxylic acids is 1. The molecule has 1 aliphatic carbocycles. The zero-order chi connectivity index (χ0) is 12.8. The third-order valence-electron chi connectivity index (χ3n) is 4.10. The van der Waals surface area contributed by atoms with Crippen LogP contribution < -0.4 is 0 Å². The number of amides is 1. The Balaban J connectivity index is 1.92. The van der Waals surface area contributed by atoms with Crippen molar-refractivity contribution in [3.63, 3.8) is 0 Å². The van der Waals surface area contributed by atoms with Gasteiger partial charge in [-0.2, -0.15) is 0 Å². The lowest BCUT2D eigenvalue weighted by molar-refractivity contribution is 0.0568. The topological polar surface area (TPSA) is 20.3 Å². The van der Waals surface area contributed by atoms with Crippen LogP contribution in [-0.2, 0) is 0 Å². The van der Waals surface area contributed by atoms with E-state index in [1.807, 2.05) is 4.90 Å². The number of hydrogen-bond donors (Lipinski definition) is 0. The quantitative estimate of drug-likeness (QED) is 0.773. The van der Waals surface area contributed by atoms with Gasteiger partial charge in [0.05, 0.1) is 10.0 Å². The second-order valence-corrected chi connectivity index (χ2v) is 6.09. The summed E-state index contributed by atoms with van der Waals surface area (Å²) in [6.07, 6.45) is 5.45. The molecule has 1 amide bonds. The zero-order valence-corrected chi connectivity index (χ0v) is 11.7. The van der Waals surface area contributed by atoms with Gasteiger partial charge in [-0.3, -0.25) is 4.79 Å². The molecule has 2 nitrogen and oxygen atoms in total. The molecule has 1 saturated heterocycles. The van der Waals surface area contributed by atoms with Crippen LogP contribution >= 0.6 is 15.9 Å². The Morgan fingerprint density at radius 2 is 2.06 bits per heavy atom. The summed E-state index contributed by atoms with van der Waals surface area (Å²) in [6, 6.07) is 4.91. The van der Waals surface area contributed by atoms with E-state index in [0.29, 0.717) is 4.47 Å². The van der Waals surface area contributed by atoms with Crippen molar-refractivity contribution < 1.29 is 9.18 Å². The Bertz CT molecular complexity index is 499. The molecule has 0 unspecified atom stereocenters. The van der Waals surface area contributed by atoms with Crippen molar-refractivity contribution in [2.45, 2.75) is 37.6 Å². The van der Waals surface area contributed by atoms with E-state index in [0.717, 1.165) is 32.2 Å². The van der Waals surface area contributed by atoms with Crippen LogP contribution in [0.2, 0.25) is 0 Å². The molecule has 0 bridgehead atoms. The summed E-state index contributed by atoms with van der Waals surface area (Å²) in [6.45, 7) is 0.769. The van der Waals surface area contributed by atoms with Gasteiger partial charge >= 0.3 is 0 Å². The van der Waals surface area contributed by atoms with E-state index in [4.69, 9.17) is 0 Å². The van der Waals surface area contributed by atoms with Gasteiger partial charge in [0, 0.05) is 12.1 Å². The molecule has 2 aliphatic rings. The number of nitrogens with zero attached hydrogens (tertiary/aromatic N) is 1. The van der Waals surface area contributed by atoms with Gasteiger partial charge in [0.2, 0.25) is 0 Å². The van der Waals surface area contributed by atoms with Crippen molar-refractivity contribution in [1.29, 1.82) is 0 Å². The summed E-state index contributed by atoms with van der Waals surface area (Å²) in [4.78, 5) is 14.4. The molecule has 1 aliphatic heterocycles. The molecule has 1 heterocycles. The first-order chi connectivity index (χ1) is 8.64. The van der Waals surface area contributed by atoms with E-state index in [1.165, 1.54) is 6.42 Å². The van der Waals surface area contributed by atoms with E-state index >= 15 is 0 Å². The second kappa shape index (κ2) is 4.34. The number of halogens is 2. The summed E-state index contributed by atoms with van der Waals surface area (Å²) in [5, 5.41) is 0. The van der Waals surface area contributed by atoms with Crippen LogP contribution in [0.3, 0.4) is 0 Å². The summed E-state index contributed by atoms with van der Waals surface area (Å²) < 4.78 is 14.3. The first kappa shape index (κ1) is 12.2. The molecule has 18 heavy (non-hydrogen) atoms. The highest BCUT2D eigenvalue weighted by Gasteiger charge is 2.51. The first-order valence-corrected chi connectivity index (χ1v) is 7.19. The van der Waals surface area contributed by atoms with Gasteiger partial charge in [0.15, 0.2) is 0 Å². The van der Waals surface area contributed by atoms with Crippen molar-refractivity contribution in [3.05, 3.63) is 34.1 Å². The van der Waals surface area contributed by atoms with Crippen molar-refractivity contribution >= 4 is 21.8 Å². The molecular formula is C14H15BrFNO. The van der Waals surface area contributed by atoms with Crippen LogP contribution in [0.4, 0.5) is 4.39 Å². The summed E-state index contributed by atoms with van der Waals surface area (Å²) in [5.41, 5.74) is 0.252. The third-order valence-corrected chi connectivity index (χ3v) is 4.71. The van der Waals surface area contributed by atoms with E-state index < -0.39 is 5.82 Å². The highest BCUT2D eigenvalue weighted by molar-refractivity contribution is 9.10. The van der Waals surface area contributed by atoms with Crippen molar-refractivity contribution in [1.82, 2.24) is 4.90 Å². The molecule has 3 rings (SSSR count). The summed E-state index contributed by atoms with van der Waals surface area (Å²) in [7, 11) is 0. The Morgan fingerprint density at radius 3 is 2.78 bits per heavy atom. The maximum atomic E-state index is 14.0. The van der Waals surface area contributed by atoms with Crippen molar-refractivity contribution in [2.24, 2.45) is 0 Å². The molecule has 0 N–H and O–H groups in total. The maximum Gasteiger partial charge on any atom is 0.257 e. The third kappa shape index (κ3) is 1.87. The van der Waals surface area contributed by atoms with Crippen LogP contribution in [0.1, 0.15) is 42.5 Å². The standard InChI is InChI=1S/C14H15BrFNO/c15-11-5-3-4-10(12(11)16)13(18)17-9-2-1-6-14(17)7-8-14/h3-5H,1-2,6-9H2. The average molecular weight is 312 g/mol. The van der Waals surface area contributed by atoms with Gasteiger partial charge < -0.3 is 4.90 Å². The number of carbonyl (C=O) groups is 1. The molecule has 0 atom stereocenters. The lowest BCUT2D eigenvalue weighted by atomic mass is 9.98. The Hall–Kier alpha value is -0.900. The number of likely N-dealkylation sites (tertiary alicyclic amines) is 1. The molecule has 1 spiro atoms. The smallest absolute Gasteiger partial charge is 0.257 e. The second-order valence-electron chi connectivity index (χ2n) is 5.24. The number of rotatable bonds is 1. The predicted octanol–water partition coefficient (Wildman–Crippen LogP) is 3.75. The molecule has 1 saturated carbocycles. The highest BCUT2D eigenvalue weighted by atomic mass is 79.9. The van der Waals surface area contributed by atoms with Gasteiger partial charge in [-0.25, -0.2) is 4.39 Å². The average Bonchev–Trinajstić information content (AvgIpc) is 3.13. The van der Waals surface area contributed by atoms with Gasteiger partial charge in [0.1, 0.15) is 5.82 Å². The van der Waals surface area contributed by atoms with Crippen LogP contribution in [0, 0.1) is 5.82 Å². The minimum atomic E-state index is -0.441. The number of benzene rings is 1.